The SMILES string of the molecule is FCC1CNCC1(F)F. The van der Waals surface area contributed by atoms with Crippen molar-refractivity contribution in [2.45, 2.75) is 5.92 Å². The van der Waals surface area contributed by atoms with Gasteiger partial charge in [0.25, 0.3) is 5.92 Å². The van der Waals surface area contributed by atoms with Crippen LogP contribution in [0.25, 0.3) is 0 Å². The molecule has 0 aliphatic carbocycles. The summed E-state index contributed by atoms with van der Waals surface area (Å²) in [6, 6.07) is 0. The molecular weight excluding hydrogens is 131 g/mol. The van der Waals surface area contributed by atoms with E-state index in [0.29, 0.717) is 0 Å². The summed E-state index contributed by atoms with van der Waals surface area (Å²) in [7, 11) is 0. The topological polar surface area (TPSA) is 12.0 Å². The van der Waals surface area contributed by atoms with Crippen molar-refractivity contribution in [1.29, 1.82) is 0 Å². The van der Waals surface area contributed by atoms with E-state index in [9.17, 15) is 13.2 Å². The molecule has 1 unspecified atom stereocenters. The molecule has 0 aromatic heterocycles. The van der Waals surface area contributed by atoms with Gasteiger partial charge in [-0.3, -0.25) is 4.39 Å². The first kappa shape index (κ1) is 6.86. The molecule has 1 atom stereocenters. The molecule has 0 saturated carbocycles. The Morgan fingerprint density at radius 2 is 2.22 bits per heavy atom. The molecule has 1 aliphatic heterocycles. The fourth-order valence-electron chi connectivity index (χ4n) is 0.874. The first-order valence-electron chi connectivity index (χ1n) is 2.81. The predicted molar refractivity (Wildman–Crippen MR) is 27.3 cm³/mol. The summed E-state index contributed by atoms with van der Waals surface area (Å²) in [6.45, 7) is -1.20. The van der Waals surface area contributed by atoms with E-state index < -0.39 is 18.5 Å². The minimum Gasteiger partial charge on any atom is -0.311 e. The third kappa shape index (κ3) is 1.18. The van der Waals surface area contributed by atoms with E-state index in [2.05, 4.69) is 5.32 Å². The lowest BCUT2D eigenvalue weighted by atomic mass is 10.1. The minimum atomic E-state index is -2.82. The van der Waals surface area contributed by atoms with Gasteiger partial charge in [0, 0.05) is 6.54 Å². The molecule has 0 spiro atoms. The molecule has 1 heterocycles. The Labute approximate surface area is 51.2 Å². The second kappa shape index (κ2) is 2.17. The van der Waals surface area contributed by atoms with Crippen LogP contribution in [0.4, 0.5) is 13.2 Å². The highest BCUT2D eigenvalue weighted by atomic mass is 19.3. The highest BCUT2D eigenvalue weighted by Crippen LogP contribution is 2.27. The van der Waals surface area contributed by atoms with Gasteiger partial charge in [0.05, 0.1) is 19.1 Å². The molecule has 9 heavy (non-hydrogen) atoms. The molecule has 4 heteroatoms. The van der Waals surface area contributed by atoms with Crippen LogP contribution in [0.15, 0.2) is 0 Å². The lowest BCUT2D eigenvalue weighted by Crippen LogP contribution is -2.27. The van der Waals surface area contributed by atoms with E-state index >= 15 is 0 Å². The number of hydrogen-bond acceptors (Lipinski definition) is 1. The number of halogens is 3. The highest BCUT2D eigenvalue weighted by molar-refractivity contribution is 4.87. The summed E-state index contributed by atoms with van der Waals surface area (Å²) in [5, 5.41) is 2.42. The lowest BCUT2D eigenvalue weighted by molar-refractivity contribution is -0.0289. The van der Waals surface area contributed by atoms with Crippen LogP contribution in [0.1, 0.15) is 0 Å². The van der Waals surface area contributed by atoms with E-state index in [-0.39, 0.29) is 13.1 Å². The van der Waals surface area contributed by atoms with Crippen LogP contribution < -0.4 is 5.32 Å². The van der Waals surface area contributed by atoms with Gasteiger partial charge in [0.2, 0.25) is 0 Å². The van der Waals surface area contributed by atoms with Crippen LogP contribution in [0, 0.1) is 5.92 Å². The van der Waals surface area contributed by atoms with E-state index in [1.807, 2.05) is 0 Å². The molecule has 0 amide bonds. The van der Waals surface area contributed by atoms with Crippen LogP contribution in [0.5, 0.6) is 0 Å². The Morgan fingerprint density at radius 3 is 2.44 bits per heavy atom. The summed E-state index contributed by atoms with van der Waals surface area (Å²) >= 11 is 0. The van der Waals surface area contributed by atoms with Crippen LogP contribution >= 0.6 is 0 Å². The van der Waals surface area contributed by atoms with E-state index in [4.69, 9.17) is 0 Å². The predicted octanol–water partition coefficient (Wildman–Crippen LogP) is 0.811. The number of alkyl halides is 3. The van der Waals surface area contributed by atoms with E-state index in [0.717, 1.165) is 0 Å². The largest absolute Gasteiger partial charge is 0.311 e. The fraction of sp³-hybridized carbons (Fsp3) is 1.00. The number of nitrogens with one attached hydrogen (secondary N) is 1. The Hall–Kier alpha value is -0.250. The number of rotatable bonds is 1. The van der Waals surface area contributed by atoms with Gasteiger partial charge in [-0.25, -0.2) is 8.78 Å². The molecule has 1 N–H and O–H groups in total. The average Bonchev–Trinajstić information content (AvgIpc) is 2.08. The average molecular weight is 139 g/mol. The van der Waals surface area contributed by atoms with Gasteiger partial charge in [-0.1, -0.05) is 0 Å². The van der Waals surface area contributed by atoms with Crippen molar-refractivity contribution >= 4 is 0 Å². The summed E-state index contributed by atoms with van der Waals surface area (Å²) in [6.07, 6.45) is 0. The highest BCUT2D eigenvalue weighted by Gasteiger charge is 2.43. The zero-order valence-corrected chi connectivity index (χ0v) is 4.83. The molecule has 1 fully saturated rings. The lowest BCUT2D eigenvalue weighted by Gasteiger charge is -2.12. The third-order valence-electron chi connectivity index (χ3n) is 1.53. The van der Waals surface area contributed by atoms with Crippen molar-refractivity contribution in [3.63, 3.8) is 0 Å². The van der Waals surface area contributed by atoms with Gasteiger partial charge in [0.1, 0.15) is 0 Å². The maximum atomic E-state index is 12.3. The normalized spacial score (nSPS) is 33.0. The molecule has 0 bridgehead atoms. The van der Waals surface area contributed by atoms with Crippen molar-refractivity contribution in [2.24, 2.45) is 5.92 Å². The Balaban J connectivity index is 2.52. The van der Waals surface area contributed by atoms with E-state index in [1.165, 1.54) is 0 Å². The molecular formula is C5H8F3N. The second-order valence-corrected chi connectivity index (χ2v) is 2.24. The first-order chi connectivity index (χ1) is 4.17. The van der Waals surface area contributed by atoms with Crippen molar-refractivity contribution in [2.75, 3.05) is 19.8 Å². The third-order valence-corrected chi connectivity index (χ3v) is 1.53. The van der Waals surface area contributed by atoms with Crippen LogP contribution in [0.3, 0.4) is 0 Å². The molecule has 0 radical (unpaired) electrons. The van der Waals surface area contributed by atoms with Crippen molar-refractivity contribution in [3.05, 3.63) is 0 Å². The molecule has 0 aromatic carbocycles. The molecule has 1 saturated heterocycles. The zero-order valence-electron chi connectivity index (χ0n) is 4.83. The Kier molecular flexibility index (Phi) is 1.66. The monoisotopic (exact) mass is 139 g/mol. The van der Waals surface area contributed by atoms with Crippen molar-refractivity contribution in [3.8, 4) is 0 Å². The molecule has 1 aliphatic rings. The maximum absolute atomic E-state index is 12.3. The summed E-state index contributed by atoms with van der Waals surface area (Å²) < 4.78 is 36.3. The van der Waals surface area contributed by atoms with Gasteiger partial charge in [0.15, 0.2) is 0 Å². The van der Waals surface area contributed by atoms with Gasteiger partial charge < -0.3 is 5.32 Å². The summed E-state index contributed by atoms with van der Waals surface area (Å²) in [5.41, 5.74) is 0. The summed E-state index contributed by atoms with van der Waals surface area (Å²) in [5.74, 6) is -3.92. The van der Waals surface area contributed by atoms with Crippen molar-refractivity contribution < 1.29 is 13.2 Å². The van der Waals surface area contributed by atoms with Crippen LogP contribution in [-0.4, -0.2) is 25.7 Å². The van der Waals surface area contributed by atoms with Gasteiger partial charge in [-0.05, 0) is 0 Å². The minimum absolute atomic E-state index is 0.101. The maximum Gasteiger partial charge on any atom is 0.266 e. The molecule has 1 nitrogen and oxygen atoms in total. The smallest absolute Gasteiger partial charge is 0.266 e. The van der Waals surface area contributed by atoms with Crippen LogP contribution in [0.2, 0.25) is 0 Å². The summed E-state index contributed by atoms with van der Waals surface area (Å²) in [4.78, 5) is 0. The van der Waals surface area contributed by atoms with Crippen molar-refractivity contribution in [1.82, 2.24) is 5.32 Å². The first-order valence-corrected chi connectivity index (χ1v) is 2.81. The standard InChI is InChI=1S/C5H8F3N/c6-1-4-2-9-3-5(4,7)8/h4,9H,1-3H2. The van der Waals surface area contributed by atoms with Gasteiger partial charge in [-0.15, -0.1) is 0 Å². The molecule has 1 rings (SSSR count). The molecule has 0 aromatic rings. The quantitative estimate of drug-likeness (QED) is 0.566. The fourth-order valence-corrected chi connectivity index (χ4v) is 0.874. The second-order valence-electron chi connectivity index (χ2n) is 2.24. The van der Waals surface area contributed by atoms with Gasteiger partial charge in [-0.2, -0.15) is 0 Å². The van der Waals surface area contributed by atoms with Gasteiger partial charge >= 0.3 is 0 Å². The zero-order chi connectivity index (χ0) is 6.91. The Morgan fingerprint density at radius 1 is 1.56 bits per heavy atom. The van der Waals surface area contributed by atoms with Crippen LogP contribution in [-0.2, 0) is 0 Å². The Bertz CT molecular complexity index is 104. The van der Waals surface area contributed by atoms with E-state index in [1.54, 1.807) is 0 Å². The molecule has 54 valence electrons. The number of hydrogen-bond donors (Lipinski definition) is 1.